The molecule has 1 aliphatic rings. The van der Waals surface area contributed by atoms with Crippen molar-refractivity contribution in [1.29, 1.82) is 0 Å². The van der Waals surface area contributed by atoms with Gasteiger partial charge in [-0.25, -0.2) is 10.4 Å². The van der Waals surface area contributed by atoms with Gasteiger partial charge in [0.2, 0.25) is 5.88 Å². The maximum atomic E-state index is 6.18. The Morgan fingerprint density at radius 1 is 1.48 bits per heavy atom. The number of hydrogen-bond acceptors (Lipinski definition) is 6. The van der Waals surface area contributed by atoms with Gasteiger partial charge in [0.15, 0.2) is 0 Å². The summed E-state index contributed by atoms with van der Waals surface area (Å²) in [5, 5.41) is 0. The highest BCUT2D eigenvalue weighted by Gasteiger charge is 2.45. The monoisotopic (exact) mass is 294 g/mol. The number of rotatable bonds is 6. The number of nitrogens with two attached hydrogens (primary N) is 1. The number of hydrazine groups is 1. The van der Waals surface area contributed by atoms with Crippen LogP contribution in [0.2, 0.25) is 0 Å². The fourth-order valence-electron chi connectivity index (χ4n) is 3.48. The third-order valence-electron chi connectivity index (χ3n) is 4.27. The Bertz CT molecular complexity index is 453. The fraction of sp³-hybridized carbons (Fsp3) is 0.733. The fourth-order valence-corrected chi connectivity index (χ4v) is 3.48. The molecule has 1 saturated carbocycles. The van der Waals surface area contributed by atoms with Gasteiger partial charge in [0.05, 0.1) is 18.8 Å². The molecule has 3 unspecified atom stereocenters. The van der Waals surface area contributed by atoms with Gasteiger partial charge in [-0.1, -0.05) is 19.8 Å². The van der Waals surface area contributed by atoms with E-state index in [1.165, 1.54) is 6.42 Å². The van der Waals surface area contributed by atoms with Crippen molar-refractivity contribution < 1.29 is 9.47 Å². The smallest absolute Gasteiger partial charge is 0.237 e. The van der Waals surface area contributed by atoms with Crippen LogP contribution < -0.4 is 16.0 Å². The highest BCUT2D eigenvalue weighted by Crippen LogP contribution is 2.44. The molecular weight excluding hydrogens is 268 g/mol. The summed E-state index contributed by atoms with van der Waals surface area (Å²) >= 11 is 0. The number of nitrogens with one attached hydrogen (secondary N) is 1. The molecule has 0 bridgehead atoms. The van der Waals surface area contributed by atoms with Crippen molar-refractivity contribution in [2.24, 2.45) is 11.8 Å². The predicted molar refractivity (Wildman–Crippen MR) is 80.6 cm³/mol. The molecule has 1 fully saturated rings. The first-order valence-electron chi connectivity index (χ1n) is 7.61. The van der Waals surface area contributed by atoms with Crippen LogP contribution in [0.25, 0.3) is 0 Å². The van der Waals surface area contributed by atoms with Crippen molar-refractivity contribution in [2.75, 3.05) is 13.7 Å². The van der Waals surface area contributed by atoms with Crippen LogP contribution in [0, 0.1) is 5.92 Å². The third-order valence-corrected chi connectivity index (χ3v) is 4.27. The third kappa shape index (κ3) is 3.33. The molecule has 6 nitrogen and oxygen atoms in total. The van der Waals surface area contributed by atoms with Gasteiger partial charge in [-0.2, -0.15) is 0 Å². The van der Waals surface area contributed by atoms with Gasteiger partial charge < -0.3 is 9.47 Å². The predicted octanol–water partition coefficient (Wildman–Crippen LogP) is 1.97. The van der Waals surface area contributed by atoms with Gasteiger partial charge in [-0.05, 0) is 25.7 Å². The molecule has 2 rings (SSSR count). The van der Waals surface area contributed by atoms with E-state index >= 15 is 0 Å². The van der Waals surface area contributed by atoms with E-state index in [0.29, 0.717) is 24.1 Å². The second-order valence-electron chi connectivity index (χ2n) is 5.75. The molecule has 6 heteroatoms. The first-order chi connectivity index (χ1) is 10.2. The Kier molecular flexibility index (Phi) is 5.50. The maximum Gasteiger partial charge on any atom is 0.237 e. The van der Waals surface area contributed by atoms with Crippen molar-refractivity contribution in [2.45, 2.75) is 51.2 Å². The molecule has 118 valence electrons. The van der Waals surface area contributed by atoms with Crippen LogP contribution in [0.3, 0.4) is 0 Å². The van der Waals surface area contributed by atoms with E-state index < -0.39 is 0 Å². The van der Waals surface area contributed by atoms with Crippen LogP contribution in [-0.4, -0.2) is 29.3 Å². The van der Waals surface area contributed by atoms with Gasteiger partial charge in [0.1, 0.15) is 5.69 Å². The average Bonchev–Trinajstić information content (AvgIpc) is 2.48. The molecule has 21 heavy (non-hydrogen) atoms. The Hall–Kier alpha value is -1.24. The maximum absolute atomic E-state index is 6.18. The lowest BCUT2D eigenvalue weighted by Gasteiger charge is -2.44. The molecule has 0 spiro atoms. The van der Waals surface area contributed by atoms with Crippen molar-refractivity contribution in [3.8, 4) is 5.88 Å². The topological polar surface area (TPSA) is 82.3 Å². The van der Waals surface area contributed by atoms with E-state index in [1.54, 1.807) is 19.5 Å². The molecule has 1 heterocycles. The lowest BCUT2D eigenvalue weighted by molar-refractivity contribution is -0.103. The number of hydrogen-bond donors (Lipinski definition) is 2. The van der Waals surface area contributed by atoms with Crippen molar-refractivity contribution >= 4 is 0 Å². The van der Waals surface area contributed by atoms with Gasteiger partial charge in [-0.3, -0.25) is 10.8 Å². The molecule has 1 aromatic rings. The summed E-state index contributed by atoms with van der Waals surface area (Å²) in [6.45, 7) is 4.92. The first-order valence-corrected chi connectivity index (χ1v) is 7.61. The molecule has 0 saturated heterocycles. The van der Waals surface area contributed by atoms with E-state index in [4.69, 9.17) is 15.3 Å². The molecule has 1 aromatic heterocycles. The Morgan fingerprint density at radius 3 is 2.86 bits per heavy atom. The zero-order valence-electron chi connectivity index (χ0n) is 13.1. The van der Waals surface area contributed by atoms with E-state index in [-0.39, 0.29) is 11.6 Å². The summed E-state index contributed by atoms with van der Waals surface area (Å²) in [5.41, 5.74) is 3.26. The highest BCUT2D eigenvalue weighted by molar-refractivity contribution is 5.25. The molecule has 0 aromatic carbocycles. The van der Waals surface area contributed by atoms with Crippen LogP contribution in [0.15, 0.2) is 12.4 Å². The minimum Gasteiger partial charge on any atom is -0.480 e. The largest absolute Gasteiger partial charge is 0.480 e. The van der Waals surface area contributed by atoms with Gasteiger partial charge in [-0.15, -0.1) is 0 Å². The summed E-state index contributed by atoms with van der Waals surface area (Å²) in [6, 6.07) is -0.233. The minimum absolute atomic E-state index is 0.233. The van der Waals surface area contributed by atoms with Crippen LogP contribution in [-0.2, 0) is 4.74 Å². The van der Waals surface area contributed by atoms with Gasteiger partial charge in [0.25, 0.3) is 0 Å². The highest BCUT2D eigenvalue weighted by atomic mass is 16.5. The van der Waals surface area contributed by atoms with Crippen LogP contribution in [0.1, 0.15) is 51.3 Å². The van der Waals surface area contributed by atoms with Crippen molar-refractivity contribution in [3.05, 3.63) is 18.1 Å². The van der Waals surface area contributed by atoms with E-state index in [2.05, 4.69) is 22.3 Å². The van der Waals surface area contributed by atoms with Crippen LogP contribution in [0.5, 0.6) is 5.88 Å². The quantitative estimate of drug-likeness (QED) is 0.616. The zero-order valence-corrected chi connectivity index (χ0v) is 13.1. The van der Waals surface area contributed by atoms with E-state index in [0.717, 1.165) is 19.3 Å². The standard InChI is InChI=1S/C15H26N4O2/c1-4-21-15(7-5-6-11(2)10-15)13(19-16)12-14(20-3)18-9-8-17-12/h8-9,11,13,19H,4-7,10,16H2,1-3H3. The molecule has 3 N–H and O–H groups in total. The van der Waals surface area contributed by atoms with Gasteiger partial charge >= 0.3 is 0 Å². The molecule has 0 amide bonds. The molecular formula is C15H26N4O2. The molecule has 1 aliphatic carbocycles. The van der Waals surface area contributed by atoms with E-state index in [1.807, 2.05) is 6.92 Å². The van der Waals surface area contributed by atoms with Crippen LogP contribution >= 0.6 is 0 Å². The summed E-state index contributed by atoms with van der Waals surface area (Å²) in [4.78, 5) is 8.67. The summed E-state index contributed by atoms with van der Waals surface area (Å²) in [6.07, 6.45) is 7.54. The summed E-state index contributed by atoms with van der Waals surface area (Å²) in [5.74, 6) is 6.97. The zero-order chi connectivity index (χ0) is 15.3. The number of nitrogens with zero attached hydrogens (tertiary/aromatic N) is 2. The lowest BCUT2D eigenvalue weighted by Crippen LogP contribution is -2.51. The Labute approximate surface area is 126 Å². The lowest BCUT2D eigenvalue weighted by atomic mass is 9.73. The molecule has 3 atom stereocenters. The van der Waals surface area contributed by atoms with E-state index in [9.17, 15) is 0 Å². The molecule has 0 radical (unpaired) electrons. The Balaban J connectivity index is 2.39. The number of methoxy groups -OCH3 is 1. The van der Waals surface area contributed by atoms with Gasteiger partial charge in [0, 0.05) is 19.0 Å². The van der Waals surface area contributed by atoms with Crippen molar-refractivity contribution in [1.82, 2.24) is 15.4 Å². The minimum atomic E-state index is -0.357. The Morgan fingerprint density at radius 2 is 2.24 bits per heavy atom. The second-order valence-corrected chi connectivity index (χ2v) is 5.75. The van der Waals surface area contributed by atoms with Crippen molar-refractivity contribution in [3.63, 3.8) is 0 Å². The average molecular weight is 294 g/mol. The summed E-state index contributed by atoms with van der Waals surface area (Å²) in [7, 11) is 1.60. The SMILES string of the molecule is CCOC1(C(NN)c2nccnc2OC)CCCC(C)C1. The summed E-state index contributed by atoms with van der Waals surface area (Å²) < 4.78 is 11.5. The van der Waals surface area contributed by atoms with Crippen LogP contribution in [0.4, 0.5) is 0 Å². The first kappa shape index (κ1) is 16.1. The number of aromatic nitrogens is 2. The normalized spacial score (nSPS) is 27.3. The second kappa shape index (κ2) is 7.15. The number of ether oxygens (including phenoxy) is 2. The molecule has 0 aliphatic heterocycles.